The lowest BCUT2D eigenvalue weighted by molar-refractivity contribution is -0.120. The average Bonchev–Trinajstić information content (AvgIpc) is 3.20. The van der Waals surface area contributed by atoms with Crippen LogP contribution in [0.2, 0.25) is 0 Å². The second kappa shape index (κ2) is 7.04. The number of nitrogens with zero attached hydrogens (tertiary/aromatic N) is 1. The molecule has 3 aromatic rings. The molecule has 29 heavy (non-hydrogen) atoms. The van der Waals surface area contributed by atoms with Crippen molar-refractivity contribution in [2.24, 2.45) is 5.92 Å². The Balaban J connectivity index is 1.36. The summed E-state index contributed by atoms with van der Waals surface area (Å²) in [6.07, 6.45) is 0. The lowest BCUT2D eigenvalue weighted by atomic mass is 9.83. The van der Waals surface area contributed by atoms with E-state index in [4.69, 9.17) is 9.15 Å². The quantitative estimate of drug-likeness (QED) is 0.697. The Morgan fingerprint density at radius 3 is 2.97 bits per heavy atom. The molecule has 1 N–H and O–H groups in total. The van der Waals surface area contributed by atoms with Crippen molar-refractivity contribution in [3.8, 4) is 5.75 Å². The van der Waals surface area contributed by atoms with E-state index in [9.17, 15) is 9.59 Å². The molecule has 1 aromatic heterocycles. The van der Waals surface area contributed by atoms with Gasteiger partial charge in [0.1, 0.15) is 11.3 Å². The Hall–Kier alpha value is -3.12. The number of carbonyl (C=O) groups excluding carboxylic acids is 1. The maximum absolute atomic E-state index is 13.0. The number of fused-ring (bicyclic) bond motifs is 4. The molecule has 6 nitrogen and oxygen atoms in total. The third-order valence-electron chi connectivity index (χ3n) is 5.97. The van der Waals surface area contributed by atoms with Crippen molar-refractivity contribution in [3.63, 3.8) is 0 Å². The van der Waals surface area contributed by atoms with Crippen molar-refractivity contribution >= 4 is 22.6 Å². The van der Waals surface area contributed by atoms with Gasteiger partial charge in [0, 0.05) is 48.8 Å². The molecule has 1 saturated heterocycles. The van der Waals surface area contributed by atoms with E-state index in [-0.39, 0.29) is 12.5 Å². The smallest absolute Gasteiger partial charge is 0.336 e. The van der Waals surface area contributed by atoms with Crippen LogP contribution in [0.3, 0.4) is 0 Å². The number of amides is 1. The fourth-order valence-electron chi connectivity index (χ4n) is 4.52. The van der Waals surface area contributed by atoms with Crippen molar-refractivity contribution in [3.05, 3.63) is 70.1 Å². The normalized spacial score (nSPS) is 20.4. The summed E-state index contributed by atoms with van der Waals surface area (Å²) in [5.74, 6) is 1.31. The van der Waals surface area contributed by atoms with Crippen molar-refractivity contribution in [2.75, 3.05) is 31.1 Å². The molecule has 1 amide bonds. The summed E-state index contributed by atoms with van der Waals surface area (Å²) in [6, 6.07) is 14.9. The molecular weight excluding hydrogens is 368 g/mol. The Morgan fingerprint density at radius 2 is 2.07 bits per heavy atom. The summed E-state index contributed by atoms with van der Waals surface area (Å²) in [6.45, 7) is 4.38. The highest BCUT2D eigenvalue weighted by Crippen LogP contribution is 2.40. The third kappa shape index (κ3) is 3.19. The molecule has 0 saturated carbocycles. The SMILES string of the molecule is Cc1cc(=O)oc2cc(OCC(=O)N3C[C@H]4CNC[C@H]4c4ccccc43)ccc12. The minimum atomic E-state index is -0.395. The van der Waals surface area contributed by atoms with Gasteiger partial charge in [0.25, 0.3) is 5.91 Å². The number of aryl methyl sites for hydroxylation is 1. The van der Waals surface area contributed by atoms with Gasteiger partial charge in [-0.15, -0.1) is 0 Å². The number of hydrogen-bond donors (Lipinski definition) is 1. The molecule has 1 fully saturated rings. The van der Waals surface area contributed by atoms with Crippen LogP contribution in [0.4, 0.5) is 5.69 Å². The Kier molecular flexibility index (Phi) is 4.36. The molecule has 2 aliphatic heterocycles. The zero-order valence-corrected chi connectivity index (χ0v) is 16.2. The van der Waals surface area contributed by atoms with E-state index in [2.05, 4.69) is 11.4 Å². The highest BCUT2D eigenvalue weighted by molar-refractivity contribution is 5.96. The molecule has 3 heterocycles. The highest BCUT2D eigenvalue weighted by Gasteiger charge is 2.38. The molecule has 148 valence electrons. The van der Waals surface area contributed by atoms with Gasteiger partial charge in [0.05, 0.1) is 0 Å². The predicted molar refractivity (Wildman–Crippen MR) is 111 cm³/mol. The number of rotatable bonds is 3. The summed E-state index contributed by atoms with van der Waals surface area (Å²) < 4.78 is 11.0. The van der Waals surface area contributed by atoms with Crippen LogP contribution in [-0.2, 0) is 4.79 Å². The number of hydrogen-bond acceptors (Lipinski definition) is 5. The van der Waals surface area contributed by atoms with E-state index in [1.54, 1.807) is 12.1 Å². The van der Waals surface area contributed by atoms with Crippen LogP contribution in [0.25, 0.3) is 11.0 Å². The van der Waals surface area contributed by atoms with E-state index >= 15 is 0 Å². The van der Waals surface area contributed by atoms with Crippen LogP contribution in [0.5, 0.6) is 5.75 Å². The monoisotopic (exact) mass is 390 g/mol. The molecular formula is C23H22N2O4. The Morgan fingerprint density at radius 1 is 1.21 bits per heavy atom. The van der Waals surface area contributed by atoms with Crippen molar-refractivity contribution in [2.45, 2.75) is 12.8 Å². The fourth-order valence-corrected chi connectivity index (χ4v) is 4.52. The van der Waals surface area contributed by atoms with Gasteiger partial charge in [0.2, 0.25) is 0 Å². The maximum Gasteiger partial charge on any atom is 0.336 e. The van der Waals surface area contributed by atoms with Gasteiger partial charge in [-0.2, -0.15) is 0 Å². The Labute approximate surface area is 168 Å². The van der Waals surface area contributed by atoms with E-state index in [0.29, 0.717) is 29.7 Å². The minimum Gasteiger partial charge on any atom is -0.484 e. The molecule has 2 aromatic carbocycles. The lowest BCUT2D eigenvalue weighted by Gasteiger charge is -2.36. The van der Waals surface area contributed by atoms with Gasteiger partial charge >= 0.3 is 5.63 Å². The molecule has 2 aliphatic rings. The van der Waals surface area contributed by atoms with Crippen LogP contribution in [-0.4, -0.2) is 32.1 Å². The number of benzene rings is 2. The fraction of sp³-hybridized carbons (Fsp3) is 0.304. The topological polar surface area (TPSA) is 71.8 Å². The molecule has 6 heteroatoms. The van der Waals surface area contributed by atoms with Crippen molar-refractivity contribution in [1.29, 1.82) is 0 Å². The number of carbonyl (C=O) groups is 1. The van der Waals surface area contributed by atoms with E-state index in [1.165, 1.54) is 11.6 Å². The summed E-state index contributed by atoms with van der Waals surface area (Å²) in [4.78, 5) is 26.5. The van der Waals surface area contributed by atoms with Crippen LogP contribution in [0.1, 0.15) is 17.0 Å². The molecule has 0 bridgehead atoms. The largest absolute Gasteiger partial charge is 0.484 e. The first-order chi connectivity index (χ1) is 14.1. The average molecular weight is 390 g/mol. The molecule has 0 spiro atoms. The molecule has 2 atom stereocenters. The standard InChI is InChI=1S/C23H22N2O4/c1-14-8-23(27)29-21-9-16(6-7-17(14)21)28-13-22(26)25-12-15-10-24-11-19(15)18-4-2-3-5-20(18)25/h2-9,15,19,24H,10-13H2,1H3/t15-,19-/m1/s1. The van der Waals surface area contributed by atoms with Crippen LogP contribution in [0, 0.1) is 12.8 Å². The molecule has 0 unspecified atom stereocenters. The number of ether oxygens (including phenoxy) is 1. The van der Waals surface area contributed by atoms with E-state index in [0.717, 1.165) is 29.7 Å². The maximum atomic E-state index is 13.0. The van der Waals surface area contributed by atoms with Gasteiger partial charge in [-0.25, -0.2) is 4.79 Å². The first-order valence-electron chi connectivity index (χ1n) is 9.87. The number of para-hydroxylation sites is 1. The summed E-state index contributed by atoms with van der Waals surface area (Å²) in [7, 11) is 0. The molecule has 5 rings (SSSR count). The zero-order valence-electron chi connectivity index (χ0n) is 16.2. The van der Waals surface area contributed by atoms with Crippen molar-refractivity contribution < 1.29 is 13.9 Å². The van der Waals surface area contributed by atoms with Crippen LogP contribution >= 0.6 is 0 Å². The second-order valence-electron chi connectivity index (χ2n) is 7.78. The van der Waals surface area contributed by atoms with E-state index < -0.39 is 5.63 Å². The number of anilines is 1. The van der Waals surface area contributed by atoms with Gasteiger partial charge in [-0.05, 0) is 42.2 Å². The van der Waals surface area contributed by atoms with Gasteiger partial charge < -0.3 is 19.4 Å². The van der Waals surface area contributed by atoms with Crippen LogP contribution < -0.4 is 20.6 Å². The zero-order chi connectivity index (χ0) is 20.0. The van der Waals surface area contributed by atoms with Gasteiger partial charge in [0.15, 0.2) is 6.61 Å². The summed E-state index contributed by atoms with van der Waals surface area (Å²) in [5.41, 5.74) is 3.12. The Bertz CT molecular complexity index is 1150. The second-order valence-corrected chi connectivity index (χ2v) is 7.78. The summed E-state index contributed by atoms with van der Waals surface area (Å²) >= 11 is 0. The third-order valence-corrected chi connectivity index (χ3v) is 5.97. The minimum absolute atomic E-state index is 0.0687. The van der Waals surface area contributed by atoms with Crippen molar-refractivity contribution in [1.82, 2.24) is 5.32 Å². The van der Waals surface area contributed by atoms with Gasteiger partial charge in [-0.3, -0.25) is 4.79 Å². The highest BCUT2D eigenvalue weighted by atomic mass is 16.5. The van der Waals surface area contributed by atoms with Gasteiger partial charge in [-0.1, -0.05) is 18.2 Å². The predicted octanol–water partition coefficient (Wildman–Crippen LogP) is 2.83. The van der Waals surface area contributed by atoms with E-state index in [1.807, 2.05) is 36.1 Å². The molecule has 0 aliphatic carbocycles. The summed E-state index contributed by atoms with van der Waals surface area (Å²) in [5, 5.41) is 4.30. The first kappa shape index (κ1) is 17.9. The number of nitrogens with one attached hydrogen (secondary N) is 1. The van der Waals surface area contributed by atoms with Crippen LogP contribution in [0.15, 0.2) is 57.7 Å². The molecule has 0 radical (unpaired) electrons. The lowest BCUT2D eigenvalue weighted by Crippen LogP contribution is -2.43. The first-order valence-corrected chi connectivity index (χ1v) is 9.87.